The number of halogens is 3. The number of rotatable bonds is 5. The maximum absolute atomic E-state index is 12.9. The van der Waals surface area contributed by atoms with E-state index < -0.39 is 27.2 Å². The largest absolute Gasteiger partial charge is 0.416 e. The molecule has 0 amide bonds. The molecule has 0 aliphatic carbocycles. The van der Waals surface area contributed by atoms with Gasteiger partial charge in [0.15, 0.2) is 9.84 Å². The van der Waals surface area contributed by atoms with Gasteiger partial charge in [0.2, 0.25) is 0 Å². The molecule has 0 radical (unpaired) electrons. The maximum atomic E-state index is 12.9. The summed E-state index contributed by atoms with van der Waals surface area (Å²) >= 11 is 0. The van der Waals surface area contributed by atoms with Crippen molar-refractivity contribution in [2.75, 3.05) is 6.26 Å². The summed E-state index contributed by atoms with van der Waals surface area (Å²) in [7, 11) is -3.26. The van der Waals surface area contributed by atoms with Crippen molar-refractivity contribution in [1.29, 1.82) is 0 Å². The third kappa shape index (κ3) is 5.38. The van der Waals surface area contributed by atoms with Crippen molar-refractivity contribution in [3.8, 4) is 0 Å². The molecule has 1 saturated heterocycles. The minimum Gasteiger partial charge on any atom is -0.385 e. The molecular formula is C23H27F3N4O3S. The second kappa shape index (κ2) is 8.88. The molecule has 2 heterocycles. The first-order valence-corrected chi connectivity index (χ1v) is 12.7. The van der Waals surface area contributed by atoms with Crippen molar-refractivity contribution in [2.24, 2.45) is 0 Å². The zero-order valence-corrected chi connectivity index (χ0v) is 19.5. The fourth-order valence-corrected chi connectivity index (χ4v) is 5.09. The van der Waals surface area contributed by atoms with Gasteiger partial charge in [0.05, 0.1) is 34.3 Å². The van der Waals surface area contributed by atoms with Crippen LogP contribution in [-0.2, 0) is 28.2 Å². The smallest absolute Gasteiger partial charge is 0.385 e. The molecule has 34 heavy (non-hydrogen) atoms. The number of aliphatic hydroxyl groups is 1. The second-order valence-corrected chi connectivity index (χ2v) is 11.0. The van der Waals surface area contributed by atoms with Crippen LogP contribution in [0.4, 0.5) is 13.2 Å². The summed E-state index contributed by atoms with van der Waals surface area (Å²) in [5, 5.41) is 16.6. The van der Waals surface area contributed by atoms with Crippen molar-refractivity contribution >= 4 is 9.84 Å². The molecule has 0 saturated carbocycles. The topological polar surface area (TPSA) is 93.7 Å². The van der Waals surface area contributed by atoms with Gasteiger partial charge in [-0.3, -0.25) is 5.01 Å². The minimum absolute atomic E-state index is 0.0775. The van der Waals surface area contributed by atoms with Gasteiger partial charge in [-0.25, -0.2) is 8.42 Å². The standard InChI is InChI=1S/C23H27F3N4O3S/c1-15-11-22(31,17-5-7-18(8-6-17)23(24,25)26)12-20(27-15)21-14-30(29-28-21)13-16-3-9-19(10-4-16)34(2,32)33/h3-10,14-15,20,27-29,31H,11-13H2,1-2H3/t15-,20-,22?/m0/s1. The van der Waals surface area contributed by atoms with Crippen LogP contribution in [0.2, 0.25) is 0 Å². The highest BCUT2D eigenvalue weighted by molar-refractivity contribution is 7.90. The van der Waals surface area contributed by atoms with Crippen molar-refractivity contribution in [2.45, 2.75) is 55.1 Å². The van der Waals surface area contributed by atoms with Crippen LogP contribution >= 0.6 is 0 Å². The van der Waals surface area contributed by atoms with Gasteiger partial charge in [0.25, 0.3) is 0 Å². The Kier molecular flexibility index (Phi) is 6.40. The summed E-state index contributed by atoms with van der Waals surface area (Å²) in [6.07, 6.45) is -0.767. The lowest BCUT2D eigenvalue weighted by molar-refractivity contribution is -0.137. The van der Waals surface area contributed by atoms with Crippen molar-refractivity contribution in [3.63, 3.8) is 0 Å². The van der Waals surface area contributed by atoms with E-state index in [9.17, 15) is 26.7 Å². The molecule has 2 aromatic carbocycles. The Morgan fingerprint density at radius 1 is 1.09 bits per heavy atom. The number of nitrogens with zero attached hydrogens (tertiary/aromatic N) is 1. The summed E-state index contributed by atoms with van der Waals surface area (Å²) in [5.74, 6) is 0. The molecule has 4 rings (SSSR count). The van der Waals surface area contributed by atoms with Crippen LogP contribution in [0.5, 0.6) is 0 Å². The first kappa shape index (κ1) is 24.5. The van der Waals surface area contributed by atoms with Crippen LogP contribution < -0.4 is 16.3 Å². The molecule has 4 N–H and O–H groups in total. The highest BCUT2D eigenvalue weighted by Gasteiger charge is 2.41. The highest BCUT2D eigenvalue weighted by Crippen LogP contribution is 2.38. The number of alkyl halides is 3. The number of hydrogen-bond donors (Lipinski definition) is 4. The third-order valence-corrected chi connectivity index (χ3v) is 7.27. The summed E-state index contributed by atoms with van der Waals surface area (Å²) in [6.45, 7) is 2.39. The van der Waals surface area contributed by atoms with Gasteiger partial charge in [-0.1, -0.05) is 24.3 Å². The molecule has 1 fully saturated rings. The van der Waals surface area contributed by atoms with Gasteiger partial charge >= 0.3 is 6.18 Å². The molecule has 3 atom stereocenters. The lowest BCUT2D eigenvalue weighted by Gasteiger charge is -2.41. The quantitative estimate of drug-likeness (QED) is 0.506. The SMILES string of the molecule is C[C@H]1CC(O)(c2ccc(C(F)(F)F)cc2)C[C@@H](C2=CN(Cc3ccc(S(C)(=O)=O)cc3)NN2)N1. The van der Waals surface area contributed by atoms with Gasteiger partial charge in [0.1, 0.15) is 0 Å². The molecule has 7 nitrogen and oxygen atoms in total. The van der Waals surface area contributed by atoms with Crippen LogP contribution in [0.1, 0.15) is 36.5 Å². The van der Waals surface area contributed by atoms with Gasteiger partial charge < -0.3 is 15.8 Å². The van der Waals surface area contributed by atoms with Gasteiger partial charge in [-0.15, -0.1) is 5.53 Å². The van der Waals surface area contributed by atoms with E-state index >= 15 is 0 Å². The van der Waals surface area contributed by atoms with E-state index in [0.29, 0.717) is 18.5 Å². The Morgan fingerprint density at radius 2 is 1.74 bits per heavy atom. The molecule has 2 aliphatic rings. The Hall–Kier alpha value is -2.60. The fourth-order valence-electron chi connectivity index (χ4n) is 4.46. The molecule has 0 aromatic heterocycles. The van der Waals surface area contributed by atoms with Gasteiger partial charge in [-0.2, -0.15) is 13.2 Å². The summed E-state index contributed by atoms with van der Waals surface area (Å²) in [4.78, 5) is 0.253. The molecule has 2 aromatic rings. The lowest BCUT2D eigenvalue weighted by Crippen LogP contribution is -2.53. The average molecular weight is 497 g/mol. The van der Waals surface area contributed by atoms with Crippen LogP contribution in [0.3, 0.4) is 0 Å². The van der Waals surface area contributed by atoms with Gasteiger partial charge in [0, 0.05) is 24.9 Å². The fraction of sp³-hybridized carbons (Fsp3) is 0.391. The highest BCUT2D eigenvalue weighted by atomic mass is 32.2. The zero-order valence-electron chi connectivity index (χ0n) is 18.7. The summed E-state index contributed by atoms with van der Waals surface area (Å²) in [5.41, 5.74) is 6.22. The predicted octanol–water partition coefficient (Wildman–Crippen LogP) is 2.80. The van der Waals surface area contributed by atoms with E-state index in [1.165, 1.54) is 12.1 Å². The number of piperidine rings is 1. The number of hydrazine groups is 2. The minimum atomic E-state index is -4.43. The molecule has 0 bridgehead atoms. The van der Waals surface area contributed by atoms with E-state index in [4.69, 9.17) is 0 Å². The number of sulfone groups is 1. The molecule has 1 unspecified atom stereocenters. The van der Waals surface area contributed by atoms with Crippen LogP contribution in [0.25, 0.3) is 0 Å². The summed E-state index contributed by atoms with van der Waals surface area (Å²) < 4.78 is 62.0. The van der Waals surface area contributed by atoms with Crippen LogP contribution in [-0.4, -0.2) is 36.9 Å². The Balaban J connectivity index is 1.47. The Bertz CT molecular complexity index is 1170. The first-order valence-electron chi connectivity index (χ1n) is 10.8. The third-order valence-electron chi connectivity index (χ3n) is 6.14. The molecule has 184 valence electrons. The van der Waals surface area contributed by atoms with Crippen molar-refractivity contribution in [1.82, 2.24) is 21.3 Å². The van der Waals surface area contributed by atoms with Crippen LogP contribution in [0.15, 0.2) is 65.3 Å². The van der Waals surface area contributed by atoms with E-state index in [2.05, 4.69) is 16.3 Å². The maximum Gasteiger partial charge on any atom is 0.416 e. The average Bonchev–Trinajstić information content (AvgIpc) is 3.21. The van der Waals surface area contributed by atoms with Crippen molar-refractivity contribution in [3.05, 3.63) is 77.1 Å². The zero-order chi connectivity index (χ0) is 24.7. The lowest BCUT2D eigenvalue weighted by atomic mass is 9.78. The Morgan fingerprint density at radius 3 is 2.32 bits per heavy atom. The predicted molar refractivity (Wildman–Crippen MR) is 120 cm³/mol. The van der Waals surface area contributed by atoms with E-state index in [0.717, 1.165) is 29.6 Å². The van der Waals surface area contributed by atoms with Crippen molar-refractivity contribution < 1.29 is 26.7 Å². The van der Waals surface area contributed by atoms with Gasteiger partial charge in [-0.05, 0) is 48.7 Å². The molecular weight excluding hydrogens is 469 g/mol. The first-order chi connectivity index (χ1) is 15.8. The van der Waals surface area contributed by atoms with E-state index in [1.54, 1.807) is 29.3 Å². The second-order valence-electron chi connectivity index (χ2n) is 9.00. The number of nitrogens with one attached hydrogen (secondary N) is 3. The molecule has 2 aliphatic heterocycles. The van der Waals surface area contributed by atoms with E-state index in [1.807, 2.05) is 13.1 Å². The Labute approximate surface area is 196 Å². The summed E-state index contributed by atoms with van der Waals surface area (Å²) in [6, 6.07) is 11.0. The molecule has 11 heteroatoms. The van der Waals surface area contributed by atoms with E-state index in [-0.39, 0.29) is 23.4 Å². The molecule has 0 spiro atoms. The monoisotopic (exact) mass is 496 g/mol. The van der Waals surface area contributed by atoms with Crippen LogP contribution in [0, 0.1) is 0 Å². The number of hydrogen-bond acceptors (Lipinski definition) is 7. The normalized spacial score (nSPS) is 25.7. The number of benzene rings is 2.